The van der Waals surface area contributed by atoms with Gasteiger partial charge in [0, 0.05) is 16.5 Å². The Balaban J connectivity index is 2.52. The standard InChI is InChI=1S/C12H7NO2S/c14-11-8-5-1-3-7-4-2-6-9(10(7)8)12(15)13(11)16/h1-6,16H. The lowest BCUT2D eigenvalue weighted by molar-refractivity contribution is 0.0740. The second-order valence-corrected chi connectivity index (χ2v) is 4.03. The monoisotopic (exact) mass is 229 g/mol. The zero-order valence-electron chi connectivity index (χ0n) is 8.18. The summed E-state index contributed by atoms with van der Waals surface area (Å²) in [5.41, 5.74) is 1.06. The lowest BCUT2D eigenvalue weighted by Crippen LogP contribution is -2.32. The maximum absolute atomic E-state index is 11.8. The maximum atomic E-state index is 11.8. The molecular formula is C12H7NO2S. The molecule has 16 heavy (non-hydrogen) atoms. The minimum absolute atomic E-state index is 0.363. The second kappa shape index (κ2) is 3.09. The molecular weight excluding hydrogens is 222 g/mol. The van der Waals surface area contributed by atoms with Gasteiger partial charge in [-0.15, -0.1) is 0 Å². The van der Waals surface area contributed by atoms with E-state index in [1.54, 1.807) is 24.3 Å². The first kappa shape index (κ1) is 9.42. The zero-order valence-corrected chi connectivity index (χ0v) is 9.07. The number of amides is 2. The topological polar surface area (TPSA) is 37.4 Å². The van der Waals surface area contributed by atoms with Crippen LogP contribution in [-0.4, -0.2) is 16.1 Å². The van der Waals surface area contributed by atoms with E-state index in [2.05, 4.69) is 12.8 Å². The predicted octanol–water partition coefficient (Wildman–Crippen LogP) is 2.28. The molecule has 0 N–H and O–H groups in total. The van der Waals surface area contributed by atoms with Gasteiger partial charge in [-0.2, -0.15) is 0 Å². The third-order valence-electron chi connectivity index (χ3n) is 2.75. The molecule has 2 aromatic carbocycles. The average Bonchev–Trinajstić information content (AvgIpc) is 2.33. The summed E-state index contributed by atoms with van der Waals surface area (Å²) in [4.78, 5) is 23.7. The largest absolute Gasteiger partial charge is 0.271 e. The van der Waals surface area contributed by atoms with Crippen molar-refractivity contribution in [2.45, 2.75) is 0 Å². The normalized spacial score (nSPS) is 14.7. The smallest absolute Gasteiger partial charge is 0.268 e. The van der Waals surface area contributed by atoms with Crippen molar-refractivity contribution in [3.05, 3.63) is 47.5 Å². The van der Waals surface area contributed by atoms with Gasteiger partial charge in [-0.1, -0.05) is 37.1 Å². The van der Waals surface area contributed by atoms with Crippen molar-refractivity contribution < 1.29 is 9.59 Å². The molecule has 0 saturated heterocycles. The Labute approximate surface area is 97.2 Å². The van der Waals surface area contributed by atoms with E-state index >= 15 is 0 Å². The zero-order chi connectivity index (χ0) is 11.3. The first-order chi connectivity index (χ1) is 7.70. The molecule has 0 fully saturated rings. The van der Waals surface area contributed by atoms with Crippen LogP contribution in [0.3, 0.4) is 0 Å². The second-order valence-electron chi connectivity index (χ2n) is 3.63. The SMILES string of the molecule is O=C1c2cccc3cccc(c23)C(=O)N1S. The summed E-state index contributed by atoms with van der Waals surface area (Å²) >= 11 is 3.92. The van der Waals surface area contributed by atoms with Crippen molar-refractivity contribution in [2.24, 2.45) is 0 Å². The number of rotatable bonds is 0. The summed E-state index contributed by atoms with van der Waals surface area (Å²) in [6, 6.07) is 10.8. The minimum Gasteiger partial charge on any atom is -0.268 e. The molecule has 0 saturated carbocycles. The summed E-state index contributed by atoms with van der Waals surface area (Å²) in [5.74, 6) is -0.727. The first-order valence-corrected chi connectivity index (χ1v) is 5.19. The highest BCUT2D eigenvalue weighted by Gasteiger charge is 2.30. The van der Waals surface area contributed by atoms with Gasteiger partial charge < -0.3 is 0 Å². The Morgan fingerprint density at radius 1 is 0.875 bits per heavy atom. The summed E-state index contributed by atoms with van der Waals surface area (Å²) in [6.07, 6.45) is 0. The summed E-state index contributed by atoms with van der Waals surface area (Å²) in [5, 5.41) is 1.63. The lowest BCUT2D eigenvalue weighted by atomic mass is 9.95. The summed E-state index contributed by atoms with van der Waals surface area (Å²) in [7, 11) is 0. The van der Waals surface area contributed by atoms with E-state index in [0.29, 0.717) is 11.1 Å². The number of nitrogens with zero attached hydrogens (tertiary/aromatic N) is 1. The van der Waals surface area contributed by atoms with Crippen LogP contribution in [0.2, 0.25) is 0 Å². The molecule has 4 heteroatoms. The molecule has 0 aliphatic carbocycles. The van der Waals surface area contributed by atoms with Crippen LogP contribution in [0, 0.1) is 0 Å². The molecule has 0 atom stereocenters. The minimum atomic E-state index is -0.363. The van der Waals surface area contributed by atoms with E-state index in [1.807, 2.05) is 12.1 Å². The van der Waals surface area contributed by atoms with Crippen LogP contribution in [0.5, 0.6) is 0 Å². The number of thiol groups is 1. The fourth-order valence-corrected chi connectivity index (χ4v) is 2.23. The van der Waals surface area contributed by atoms with Crippen LogP contribution in [-0.2, 0) is 0 Å². The highest BCUT2D eigenvalue weighted by Crippen LogP contribution is 2.30. The van der Waals surface area contributed by atoms with Crippen LogP contribution >= 0.6 is 12.8 Å². The first-order valence-electron chi connectivity index (χ1n) is 4.79. The Morgan fingerprint density at radius 2 is 1.38 bits per heavy atom. The molecule has 78 valence electrons. The Morgan fingerprint density at radius 3 is 1.88 bits per heavy atom. The number of carbonyl (C=O) groups is 2. The molecule has 1 heterocycles. The van der Waals surface area contributed by atoms with Crippen molar-refractivity contribution in [3.8, 4) is 0 Å². The van der Waals surface area contributed by atoms with Crippen molar-refractivity contribution >= 4 is 35.4 Å². The van der Waals surface area contributed by atoms with Gasteiger partial charge in [0.25, 0.3) is 11.8 Å². The Bertz CT molecular complexity index is 585. The third kappa shape index (κ3) is 1.05. The van der Waals surface area contributed by atoms with E-state index < -0.39 is 0 Å². The van der Waals surface area contributed by atoms with Crippen molar-refractivity contribution in [3.63, 3.8) is 0 Å². The van der Waals surface area contributed by atoms with Gasteiger partial charge in [0.2, 0.25) is 0 Å². The van der Waals surface area contributed by atoms with Gasteiger partial charge in [0.1, 0.15) is 0 Å². The van der Waals surface area contributed by atoms with Crippen LogP contribution in [0.1, 0.15) is 20.7 Å². The predicted molar refractivity (Wildman–Crippen MR) is 63.4 cm³/mol. The van der Waals surface area contributed by atoms with E-state index in [9.17, 15) is 9.59 Å². The molecule has 2 aromatic rings. The Hall–Kier alpha value is -1.81. The van der Waals surface area contributed by atoms with Gasteiger partial charge in [-0.05, 0) is 17.5 Å². The quantitative estimate of drug-likeness (QED) is 0.556. The number of carbonyl (C=O) groups excluding carboxylic acids is 2. The summed E-state index contributed by atoms with van der Waals surface area (Å²) < 4.78 is 0.858. The van der Waals surface area contributed by atoms with E-state index in [1.165, 1.54) is 0 Å². The van der Waals surface area contributed by atoms with Gasteiger partial charge in [0.05, 0.1) is 0 Å². The fourth-order valence-electron chi connectivity index (χ4n) is 2.02. The van der Waals surface area contributed by atoms with E-state index in [0.717, 1.165) is 15.1 Å². The highest BCUT2D eigenvalue weighted by atomic mass is 32.1. The van der Waals surface area contributed by atoms with Crippen LogP contribution in [0.4, 0.5) is 0 Å². The molecule has 0 bridgehead atoms. The number of imide groups is 1. The fraction of sp³-hybridized carbons (Fsp3) is 0. The van der Waals surface area contributed by atoms with Crippen LogP contribution < -0.4 is 0 Å². The molecule has 2 amide bonds. The lowest BCUT2D eigenvalue weighted by Gasteiger charge is -2.22. The third-order valence-corrected chi connectivity index (χ3v) is 3.11. The number of hydrogen-bond acceptors (Lipinski definition) is 3. The van der Waals surface area contributed by atoms with Crippen LogP contribution in [0.25, 0.3) is 10.8 Å². The molecule has 0 radical (unpaired) electrons. The number of hydrogen-bond donors (Lipinski definition) is 1. The van der Waals surface area contributed by atoms with Gasteiger partial charge in [-0.3, -0.25) is 9.59 Å². The molecule has 0 unspecified atom stereocenters. The molecule has 3 nitrogen and oxygen atoms in total. The molecule has 1 aliphatic heterocycles. The van der Waals surface area contributed by atoms with Gasteiger partial charge in [0.15, 0.2) is 0 Å². The average molecular weight is 229 g/mol. The van der Waals surface area contributed by atoms with Gasteiger partial charge in [-0.25, -0.2) is 4.31 Å². The van der Waals surface area contributed by atoms with Crippen molar-refractivity contribution in [1.82, 2.24) is 4.31 Å². The maximum Gasteiger partial charge on any atom is 0.271 e. The van der Waals surface area contributed by atoms with Crippen LogP contribution in [0.15, 0.2) is 36.4 Å². The van der Waals surface area contributed by atoms with E-state index in [-0.39, 0.29) is 11.8 Å². The number of benzene rings is 2. The molecule has 0 spiro atoms. The van der Waals surface area contributed by atoms with Crippen molar-refractivity contribution in [2.75, 3.05) is 0 Å². The Kier molecular flexibility index (Phi) is 1.82. The summed E-state index contributed by atoms with van der Waals surface area (Å²) in [6.45, 7) is 0. The molecule has 3 rings (SSSR count). The van der Waals surface area contributed by atoms with E-state index in [4.69, 9.17) is 0 Å². The van der Waals surface area contributed by atoms with Crippen molar-refractivity contribution in [1.29, 1.82) is 0 Å². The van der Waals surface area contributed by atoms with Gasteiger partial charge >= 0.3 is 0 Å². The highest BCUT2D eigenvalue weighted by molar-refractivity contribution is 7.79. The molecule has 0 aromatic heterocycles. The molecule has 1 aliphatic rings.